The summed E-state index contributed by atoms with van der Waals surface area (Å²) in [7, 11) is 0. The molecule has 8 heteroatoms. The van der Waals surface area contributed by atoms with E-state index in [-0.39, 0.29) is 24.1 Å². The van der Waals surface area contributed by atoms with Crippen molar-refractivity contribution in [3.05, 3.63) is 17.5 Å². The fourth-order valence-corrected chi connectivity index (χ4v) is 5.79. The second kappa shape index (κ2) is 6.59. The highest BCUT2D eigenvalue weighted by Gasteiger charge is 2.45. The fraction of sp³-hybridized carbons (Fsp3) is 0.750. The van der Waals surface area contributed by atoms with Gasteiger partial charge in [0.05, 0.1) is 0 Å². The second-order valence-corrected chi connectivity index (χ2v) is 8.86. The molecule has 0 aromatic carbocycles. The molecule has 0 saturated heterocycles. The van der Waals surface area contributed by atoms with Crippen molar-refractivity contribution in [2.24, 2.45) is 23.7 Å². The van der Waals surface area contributed by atoms with Gasteiger partial charge in [0.25, 0.3) is 0 Å². The number of aromatic nitrogens is 2. The van der Waals surface area contributed by atoms with Crippen LogP contribution < -0.4 is 4.74 Å². The number of carbonyl (C=O) groups excluding carboxylic acids is 1. The first kappa shape index (κ1) is 18.2. The van der Waals surface area contributed by atoms with Crippen molar-refractivity contribution in [1.29, 1.82) is 0 Å². The van der Waals surface area contributed by atoms with Gasteiger partial charge in [-0.1, -0.05) is 0 Å². The Morgan fingerprint density at radius 3 is 2.14 bits per heavy atom. The zero-order valence-corrected chi connectivity index (χ0v) is 15.5. The Labute approximate surface area is 161 Å². The van der Waals surface area contributed by atoms with Crippen molar-refractivity contribution in [3.8, 4) is 6.01 Å². The molecule has 0 unspecified atom stereocenters. The maximum absolute atomic E-state index is 13.6. The fourth-order valence-electron chi connectivity index (χ4n) is 5.79. The number of esters is 1. The molecule has 0 spiro atoms. The van der Waals surface area contributed by atoms with Gasteiger partial charge in [-0.05, 0) is 75.0 Å². The second-order valence-electron chi connectivity index (χ2n) is 8.86. The highest BCUT2D eigenvalue weighted by atomic mass is 19.4. The molecule has 0 N–H and O–H groups in total. The number of ether oxygens (including phenoxy) is 2. The summed E-state index contributed by atoms with van der Waals surface area (Å²) in [4.78, 5) is 19.9. The number of carbonyl (C=O) groups is 1. The molecule has 0 aliphatic heterocycles. The lowest BCUT2D eigenvalue weighted by molar-refractivity contribution is -0.142. The molecular formula is C20H23F3N2O3. The van der Waals surface area contributed by atoms with Gasteiger partial charge in [-0.2, -0.15) is 18.2 Å². The van der Waals surface area contributed by atoms with Crippen molar-refractivity contribution in [2.75, 3.05) is 0 Å². The monoisotopic (exact) mass is 396 g/mol. The molecule has 28 heavy (non-hydrogen) atoms. The van der Waals surface area contributed by atoms with Crippen LogP contribution in [0.1, 0.15) is 67.4 Å². The van der Waals surface area contributed by atoms with E-state index in [2.05, 4.69) is 9.97 Å². The van der Waals surface area contributed by atoms with Crippen LogP contribution in [0.5, 0.6) is 6.01 Å². The summed E-state index contributed by atoms with van der Waals surface area (Å²) in [5.41, 5.74) is -1.90. The predicted molar refractivity (Wildman–Crippen MR) is 91.5 cm³/mol. The van der Waals surface area contributed by atoms with E-state index >= 15 is 0 Å². The van der Waals surface area contributed by atoms with Crippen LogP contribution in [0.2, 0.25) is 0 Å². The number of hydrogen-bond acceptors (Lipinski definition) is 5. The Morgan fingerprint density at radius 2 is 1.61 bits per heavy atom. The molecule has 4 aliphatic carbocycles. The topological polar surface area (TPSA) is 61.3 Å². The Kier molecular flexibility index (Phi) is 4.28. The lowest BCUT2D eigenvalue weighted by Gasteiger charge is -2.23. The highest BCUT2D eigenvalue weighted by Crippen LogP contribution is 2.47. The van der Waals surface area contributed by atoms with Gasteiger partial charge >= 0.3 is 18.2 Å². The Balaban J connectivity index is 1.34. The van der Waals surface area contributed by atoms with Crippen LogP contribution in [0, 0.1) is 23.7 Å². The van der Waals surface area contributed by atoms with E-state index in [0.29, 0.717) is 17.8 Å². The third kappa shape index (κ3) is 3.24. The van der Waals surface area contributed by atoms with Gasteiger partial charge in [0, 0.05) is 6.20 Å². The summed E-state index contributed by atoms with van der Waals surface area (Å²) in [6.45, 7) is 0. The molecule has 152 valence electrons. The largest absolute Gasteiger partial charge is 0.460 e. The zero-order valence-electron chi connectivity index (χ0n) is 15.5. The number of nitrogens with zero attached hydrogens (tertiary/aromatic N) is 2. The summed E-state index contributed by atoms with van der Waals surface area (Å²) >= 11 is 0. The van der Waals surface area contributed by atoms with Crippen LogP contribution in [-0.2, 0) is 10.9 Å². The normalized spacial score (nSPS) is 36.1. The van der Waals surface area contributed by atoms with Gasteiger partial charge in [-0.15, -0.1) is 0 Å². The van der Waals surface area contributed by atoms with E-state index in [1.807, 2.05) is 0 Å². The lowest BCUT2D eigenvalue weighted by Crippen LogP contribution is -2.27. The minimum Gasteiger partial charge on any atom is -0.460 e. The number of alkyl halides is 3. The lowest BCUT2D eigenvalue weighted by atomic mass is 9.98. The summed E-state index contributed by atoms with van der Waals surface area (Å²) < 4.78 is 51.8. The highest BCUT2D eigenvalue weighted by molar-refractivity contribution is 5.90. The van der Waals surface area contributed by atoms with E-state index in [4.69, 9.17) is 9.47 Å². The van der Waals surface area contributed by atoms with Crippen molar-refractivity contribution < 1.29 is 27.4 Å². The molecule has 4 bridgehead atoms. The van der Waals surface area contributed by atoms with Crippen molar-refractivity contribution in [2.45, 2.75) is 69.8 Å². The van der Waals surface area contributed by atoms with Gasteiger partial charge in [-0.25, -0.2) is 9.78 Å². The first-order valence-corrected chi connectivity index (χ1v) is 10.2. The molecule has 4 saturated carbocycles. The smallest absolute Gasteiger partial charge is 0.434 e. The average molecular weight is 396 g/mol. The maximum atomic E-state index is 13.6. The van der Waals surface area contributed by atoms with E-state index in [1.165, 1.54) is 0 Å². The van der Waals surface area contributed by atoms with Gasteiger partial charge < -0.3 is 9.47 Å². The van der Waals surface area contributed by atoms with Crippen LogP contribution in [0.15, 0.2) is 6.20 Å². The number of fused-ring (bicyclic) bond motifs is 4. The number of halogens is 3. The van der Waals surface area contributed by atoms with Gasteiger partial charge in [0.15, 0.2) is 5.69 Å². The molecule has 1 aromatic heterocycles. The summed E-state index contributed by atoms with van der Waals surface area (Å²) in [6, 6.07) is -0.304. The average Bonchev–Trinajstić information content (AvgIpc) is 3.42. The molecular weight excluding hydrogens is 373 g/mol. The first-order valence-electron chi connectivity index (χ1n) is 10.2. The molecule has 4 fully saturated rings. The number of rotatable bonds is 4. The Bertz CT molecular complexity index is 784. The van der Waals surface area contributed by atoms with E-state index in [0.717, 1.165) is 57.6 Å². The minimum absolute atomic E-state index is 0.133. The maximum Gasteiger partial charge on any atom is 0.434 e. The van der Waals surface area contributed by atoms with Gasteiger partial charge in [0.2, 0.25) is 0 Å². The van der Waals surface area contributed by atoms with Crippen LogP contribution >= 0.6 is 0 Å². The van der Waals surface area contributed by atoms with Gasteiger partial charge in [-0.3, -0.25) is 0 Å². The molecule has 6 atom stereocenters. The summed E-state index contributed by atoms with van der Waals surface area (Å²) in [6.07, 6.45) is 3.63. The van der Waals surface area contributed by atoms with Crippen LogP contribution in [0.4, 0.5) is 13.2 Å². The van der Waals surface area contributed by atoms with Crippen molar-refractivity contribution in [3.63, 3.8) is 0 Å². The van der Waals surface area contributed by atoms with Crippen LogP contribution in [0.3, 0.4) is 0 Å². The van der Waals surface area contributed by atoms with Crippen molar-refractivity contribution >= 4 is 5.97 Å². The molecule has 5 rings (SSSR count). The molecule has 4 aliphatic rings. The quantitative estimate of drug-likeness (QED) is 0.706. The molecule has 0 radical (unpaired) electrons. The van der Waals surface area contributed by atoms with Crippen LogP contribution in [0.25, 0.3) is 0 Å². The third-order valence-corrected chi connectivity index (χ3v) is 7.12. The molecule has 5 nitrogen and oxygen atoms in total. The third-order valence-electron chi connectivity index (χ3n) is 7.12. The summed E-state index contributed by atoms with van der Waals surface area (Å²) in [5, 5.41) is 0. The Morgan fingerprint density at radius 1 is 0.964 bits per heavy atom. The van der Waals surface area contributed by atoms with Crippen LogP contribution in [-0.4, -0.2) is 28.1 Å². The van der Waals surface area contributed by atoms with Crippen molar-refractivity contribution in [1.82, 2.24) is 9.97 Å². The predicted octanol–water partition coefficient (Wildman–Crippen LogP) is 4.41. The first-order chi connectivity index (χ1) is 13.4. The summed E-state index contributed by atoms with van der Waals surface area (Å²) in [5.74, 6) is 0.762. The SMILES string of the molecule is O=C(O[C@@H]1C[C@@H]2CC[C@H]1C2)c1cnc(O[C@@H]2C[C@@H]3CC[C@H]2C3)nc1C(F)(F)F. The zero-order chi connectivity index (χ0) is 19.5. The van der Waals surface area contributed by atoms with E-state index < -0.39 is 23.4 Å². The van der Waals surface area contributed by atoms with E-state index in [9.17, 15) is 18.0 Å². The standard InChI is InChI=1S/C20H23F3N2O3/c21-20(22,23)17-14(18(26)27-15-7-10-1-3-12(15)5-10)9-24-19(25-17)28-16-8-11-2-4-13(16)6-11/h9-13,15-16H,1-8H2/t10-,11-,12+,13+,15-,16-/m1/s1. The molecule has 1 aromatic rings. The van der Waals surface area contributed by atoms with E-state index in [1.54, 1.807) is 0 Å². The molecule has 0 amide bonds. The Hall–Kier alpha value is -1.86. The minimum atomic E-state index is -4.78. The number of hydrogen-bond donors (Lipinski definition) is 0. The molecule has 1 heterocycles. The van der Waals surface area contributed by atoms with Gasteiger partial charge in [0.1, 0.15) is 17.8 Å².